The lowest BCUT2D eigenvalue weighted by atomic mass is 9.97. The average molecular weight is 529 g/mol. The summed E-state index contributed by atoms with van der Waals surface area (Å²) >= 11 is 6.87. The first-order valence-electron chi connectivity index (χ1n) is 12.6. The summed E-state index contributed by atoms with van der Waals surface area (Å²) < 4.78 is 24.3. The lowest BCUT2D eigenvalue weighted by Gasteiger charge is -2.33. The van der Waals surface area contributed by atoms with Crippen LogP contribution >= 0.6 is 11.6 Å². The van der Waals surface area contributed by atoms with Crippen LogP contribution in [0, 0.1) is 5.92 Å². The lowest BCUT2D eigenvalue weighted by Crippen LogP contribution is -2.41. The van der Waals surface area contributed by atoms with E-state index in [0.29, 0.717) is 36.4 Å². The van der Waals surface area contributed by atoms with Crippen molar-refractivity contribution >= 4 is 47.6 Å². The Morgan fingerprint density at radius 1 is 1.19 bits per heavy atom. The second kappa shape index (κ2) is 9.76. The number of aromatic nitrogens is 5. The fourth-order valence-corrected chi connectivity index (χ4v) is 5.71. The minimum atomic E-state index is -1.20. The van der Waals surface area contributed by atoms with Crippen molar-refractivity contribution in [3.8, 4) is 11.1 Å². The number of ether oxygens (including phenoxy) is 1. The van der Waals surface area contributed by atoms with Crippen LogP contribution in [0.3, 0.4) is 0 Å². The van der Waals surface area contributed by atoms with E-state index in [4.69, 9.17) is 26.3 Å². The maximum Gasteiger partial charge on any atom is 0.163 e. The monoisotopic (exact) mass is 528 g/mol. The van der Waals surface area contributed by atoms with Crippen molar-refractivity contribution in [3.05, 3.63) is 35.7 Å². The Labute approximate surface area is 217 Å². The summed E-state index contributed by atoms with van der Waals surface area (Å²) in [5.74, 6) is 0.761. The SMILES string of the molecule is C[C@@H]1CCN(c2cnc3c(-c4ccc5nn(C)cc5c4Cl)cn(COCC[Si](C)(C)C)c3n2)C[C@H]1F. The number of fused-ring (bicyclic) bond motifs is 2. The smallest absolute Gasteiger partial charge is 0.163 e. The molecule has 4 aromatic rings. The fourth-order valence-electron chi connectivity index (χ4n) is 4.64. The molecule has 4 heterocycles. The maximum absolute atomic E-state index is 14.5. The van der Waals surface area contributed by atoms with E-state index in [1.165, 1.54) is 0 Å². The van der Waals surface area contributed by atoms with Gasteiger partial charge in [-0.1, -0.05) is 44.2 Å². The summed E-state index contributed by atoms with van der Waals surface area (Å²) in [6, 6.07) is 5.05. The Balaban J connectivity index is 1.54. The molecule has 0 unspecified atom stereocenters. The first kappa shape index (κ1) is 25.2. The van der Waals surface area contributed by atoms with Gasteiger partial charge in [0, 0.05) is 57.2 Å². The van der Waals surface area contributed by atoms with E-state index in [0.717, 1.165) is 46.6 Å². The van der Waals surface area contributed by atoms with Gasteiger partial charge in [0.25, 0.3) is 0 Å². The molecule has 0 saturated carbocycles. The number of aryl methyl sites for hydroxylation is 1. The molecular weight excluding hydrogens is 495 g/mol. The summed E-state index contributed by atoms with van der Waals surface area (Å²) in [6.07, 6.45) is 5.63. The zero-order valence-electron chi connectivity index (χ0n) is 21.6. The van der Waals surface area contributed by atoms with Gasteiger partial charge in [0.2, 0.25) is 0 Å². The molecule has 0 N–H and O–H groups in total. The van der Waals surface area contributed by atoms with E-state index in [9.17, 15) is 4.39 Å². The number of rotatable bonds is 7. The van der Waals surface area contributed by atoms with E-state index in [1.54, 1.807) is 10.9 Å². The van der Waals surface area contributed by atoms with Gasteiger partial charge in [0.15, 0.2) is 5.65 Å². The number of piperidine rings is 1. The van der Waals surface area contributed by atoms with Crippen LogP contribution in [0.15, 0.2) is 30.7 Å². The van der Waals surface area contributed by atoms with Gasteiger partial charge in [-0.25, -0.2) is 14.4 Å². The Morgan fingerprint density at radius 2 is 2.00 bits per heavy atom. The first-order valence-corrected chi connectivity index (χ1v) is 16.6. The van der Waals surface area contributed by atoms with E-state index < -0.39 is 14.2 Å². The summed E-state index contributed by atoms with van der Waals surface area (Å²) in [6.45, 7) is 11.2. The Bertz CT molecular complexity index is 1400. The van der Waals surface area contributed by atoms with Gasteiger partial charge in [-0.05, 0) is 24.4 Å². The topological polar surface area (TPSA) is 61.0 Å². The molecule has 1 aliphatic rings. The number of nitrogens with zero attached hydrogens (tertiary/aromatic N) is 6. The second-order valence-electron chi connectivity index (χ2n) is 11.2. The fraction of sp³-hybridized carbons (Fsp3) is 0.500. The third kappa shape index (κ3) is 5.01. The lowest BCUT2D eigenvalue weighted by molar-refractivity contribution is 0.0899. The van der Waals surface area contributed by atoms with Crippen molar-refractivity contribution in [3.63, 3.8) is 0 Å². The number of benzene rings is 1. The van der Waals surface area contributed by atoms with Gasteiger partial charge in [0.05, 0.1) is 23.3 Å². The predicted octanol–water partition coefficient (Wildman–Crippen LogP) is 6.14. The quantitative estimate of drug-likeness (QED) is 0.213. The Kier molecular flexibility index (Phi) is 6.82. The summed E-state index contributed by atoms with van der Waals surface area (Å²) in [4.78, 5) is 11.8. The van der Waals surface area contributed by atoms with Crippen molar-refractivity contribution < 1.29 is 9.13 Å². The van der Waals surface area contributed by atoms with Gasteiger partial charge < -0.3 is 14.2 Å². The average Bonchev–Trinajstić information content (AvgIpc) is 3.38. The van der Waals surface area contributed by atoms with Gasteiger partial charge in [-0.15, -0.1) is 0 Å². The van der Waals surface area contributed by atoms with Crippen LogP contribution in [-0.4, -0.2) is 58.3 Å². The first-order chi connectivity index (χ1) is 17.1. The molecule has 0 spiro atoms. The van der Waals surface area contributed by atoms with Gasteiger partial charge >= 0.3 is 0 Å². The van der Waals surface area contributed by atoms with Gasteiger partial charge in [0.1, 0.15) is 24.2 Å². The van der Waals surface area contributed by atoms with Crippen LogP contribution in [-0.2, 0) is 18.5 Å². The number of hydrogen-bond acceptors (Lipinski definition) is 5. The molecule has 1 saturated heterocycles. The molecule has 10 heteroatoms. The normalized spacial score (nSPS) is 19.0. The largest absolute Gasteiger partial charge is 0.361 e. The van der Waals surface area contributed by atoms with E-state index in [2.05, 4.69) is 24.7 Å². The van der Waals surface area contributed by atoms with E-state index in [1.807, 2.05) is 48.0 Å². The highest BCUT2D eigenvalue weighted by molar-refractivity contribution is 6.76. The van der Waals surface area contributed by atoms with Crippen molar-refractivity contribution in [1.29, 1.82) is 0 Å². The summed E-state index contributed by atoms with van der Waals surface area (Å²) in [5.41, 5.74) is 4.08. The molecule has 0 aliphatic carbocycles. The van der Waals surface area contributed by atoms with Crippen molar-refractivity contribution in [2.75, 3.05) is 24.6 Å². The Hall–Kier alpha value is -2.49. The molecule has 0 bridgehead atoms. The highest BCUT2D eigenvalue weighted by Crippen LogP contribution is 2.38. The summed E-state index contributed by atoms with van der Waals surface area (Å²) in [5, 5.41) is 6.00. The molecule has 1 aliphatic heterocycles. The molecule has 192 valence electrons. The van der Waals surface area contributed by atoms with E-state index in [-0.39, 0.29) is 5.92 Å². The van der Waals surface area contributed by atoms with E-state index >= 15 is 0 Å². The molecule has 0 amide bonds. The second-order valence-corrected chi connectivity index (χ2v) is 17.2. The predicted molar refractivity (Wildman–Crippen MR) is 147 cm³/mol. The highest BCUT2D eigenvalue weighted by Gasteiger charge is 2.27. The molecule has 0 radical (unpaired) electrons. The molecule has 5 rings (SSSR count). The summed E-state index contributed by atoms with van der Waals surface area (Å²) in [7, 11) is 0.683. The minimum absolute atomic E-state index is 0.0673. The number of alkyl halides is 1. The molecule has 3 aromatic heterocycles. The van der Waals surface area contributed by atoms with Gasteiger partial charge in [-0.3, -0.25) is 4.68 Å². The van der Waals surface area contributed by atoms with Crippen molar-refractivity contribution in [2.24, 2.45) is 13.0 Å². The van der Waals surface area contributed by atoms with Crippen LogP contribution in [0.25, 0.3) is 33.2 Å². The minimum Gasteiger partial charge on any atom is -0.361 e. The number of hydrogen-bond donors (Lipinski definition) is 0. The zero-order valence-corrected chi connectivity index (χ0v) is 23.4. The van der Waals surface area contributed by atoms with Crippen LogP contribution in [0.2, 0.25) is 30.7 Å². The van der Waals surface area contributed by atoms with Gasteiger partial charge in [-0.2, -0.15) is 5.10 Å². The maximum atomic E-state index is 14.5. The molecule has 7 nitrogen and oxygen atoms in total. The van der Waals surface area contributed by atoms with Crippen LogP contribution < -0.4 is 4.90 Å². The molecule has 36 heavy (non-hydrogen) atoms. The highest BCUT2D eigenvalue weighted by atomic mass is 35.5. The molecule has 1 aromatic carbocycles. The molecular formula is C26H34ClFN6OSi. The molecule has 2 atom stereocenters. The Morgan fingerprint density at radius 3 is 2.75 bits per heavy atom. The van der Waals surface area contributed by atoms with Crippen LogP contribution in [0.1, 0.15) is 13.3 Å². The third-order valence-corrected chi connectivity index (χ3v) is 9.11. The van der Waals surface area contributed by atoms with Crippen molar-refractivity contribution in [1.82, 2.24) is 24.3 Å². The zero-order chi connectivity index (χ0) is 25.6. The number of anilines is 1. The number of halogens is 2. The van der Waals surface area contributed by atoms with Crippen molar-refractivity contribution in [2.45, 2.75) is 51.9 Å². The molecule has 1 fully saturated rings. The van der Waals surface area contributed by atoms with Crippen LogP contribution in [0.5, 0.6) is 0 Å². The van der Waals surface area contributed by atoms with Crippen LogP contribution in [0.4, 0.5) is 10.2 Å². The third-order valence-electron chi connectivity index (χ3n) is 7.00. The standard InChI is InChI=1S/C26H34ClFN6OSi/c1-17-8-9-33(15-21(17)28)23-12-29-25-19(18-6-7-22-20(24(18)27)13-32(2)31-22)14-34(26(25)30-23)16-35-10-11-36(3,4)5/h6-7,12-14,17,21H,8-11,15-16H2,1-5H3/t17-,21-/m1/s1.